The molecule has 1 N–H and O–H groups in total. The molecule has 0 aliphatic carbocycles. The summed E-state index contributed by atoms with van der Waals surface area (Å²) in [5, 5.41) is 3.34. The van der Waals surface area contributed by atoms with E-state index in [-0.39, 0.29) is 5.75 Å². The second kappa shape index (κ2) is 5.04. The Labute approximate surface area is 120 Å². The first-order valence-electron chi connectivity index (χ1n) is 7.18. The van der Waals surface area contributed by atoms with Crippen LogP contribution in [0.25, 0.3) is 0 Å². The topological polar surface area (TPSA) is 55.4 Å². The van der Waals surface area contributed by atoms with E-state index in [0.29, 0.717) is 12.2 Å². The highest BCUT2D eigenvalue weighted by Gasteiger charge is 2.37. The summed E-state index contributed by atoms with van der Waals surface area (Å²) in [7, 11) is -2.97. The van der Waals surface area contributed by atoms with Gasteiger partial charge in [-0.3, -0.25) is 0 Å². The summed E-state index contributed by atoms with van der Waals surface area (Å²) in [5.41, 5.74) is 2.03. The molecule has 3 rings (SSSR count). The third kappa shape index (κ3) is 2.99. The highest BCUT2D eigenvalue weighted by Crippen LogP contribution is 2.30. The average Bonchev–Trinajstić information content (AvgIpc) is 2.36. The predicted molar refractivity (Wildman–Crippen MR) is 78.8 cm³/mol. The molecule has 4 nitrogen and oxygen atoms in total. The van der Waals surface area contributed by atoms with Crippen molar-refractivity contribution in [2.45, 2.75) is 38.3 Å². The zero-order valence-corrected chi connectivity index (χ0v) is 12.6. The van der Waals surface area contributed by atoms with Gasteiger partial charge in [-0.25, -0.2) is 8.42 Å². The molecule has 5 heteroatoms. The van der Waals surface area contributed by atoms with Crippen LogP contribution in [0.2, 0.25) is 0 Å². The first-order valence-corrected chi connectivity index (χ1v) is 9.00. The van der Waals surface area contributed by atoms with Gasteiger partial charge in [0.05, 0.1) is 11.5 Å². The van der Waals surface area contributed by atoms with E-state index in [4.69, 9.17) is 4.74 Å². The van der Waals surface area contributed by atoms with Crippen LogP contribution in [0, 0.1) is 0 Å². The molecule has 1 unspecified atom stereocenters. The lowest BCUT2D eigenvalue weighted by molar-refractivity contribution is 0.0976. The summed E-state index contributed by atoms with van der Waals surface area (Å²) in [6, 6.07) is 6.12. The molecule has 2 aliphatic rings. The van der Waals surface area contributed by atoms with E-state index in [1.807, 2.05) is 19.1 Å². The lowest BCUT2D eigenvalue weighted by Gasteiger charge is -2.34. The zero-order chi connectivity index (χ0) is 14.2. The maximum atomic E-state index is 11.8. The SMILES string of the molecule is CC1(Oc2ccc3c(c2)CNCC3)CCCS(=O)(=O)C1. The third-order valence-corrected chi connectivity index (χ3v) is 6.08. The predicted octanol–water partition coefficient (Wildman–Crippen LogP) is 1.68. The van der Waals surface area contributed by atoms with Gasteiger partial charge in [-0.15, -0.1) is 0 Å². The number of ether oxygens (including phenoxy) is 1. The third-order valence-electron chi connectivity index (χ3n) is 4.11. The van der Waals surface area contributed by atoms with Gasteiger partial charge < -0.3 is 10.1 Å². The average molecular weight is 295 g/mol. The number of fused-ring (bicyclic) bond motifs is 1. The Hall–Kier alpha value is -1.07. The molecular weight excluding hydrogens is 274 g/mol. The van der Waals surface area contributed by atoms with Crippen LogP contribution in [0.3, 0.4) is 0 Å². The maximum Gasteiger partial charge on any atom is 0.154 e. The lowest BCUT2D eigenvalue weighted by atomic mass is 10.00. The van der Waals surface area contributed by atoms with Gasteiger partial charge in [-0.1, -0.05) is 6.07 Å². The van der Waals surface area contributed by atoms with Crippen molar-refractivity contribution >= 4 is 9.84 Å². The van der Waals surface area contributed by atoms with E-state index in [2.05, 4.69) is 11.4 Å². The molecule has 1 aromatic rings. The minimum atomic E-state index is -2.97. The molecule has 2 heterocycles. The van der Waals surface area contributed by atoms with E-state index in [1.165, 1.54) is 11.1 Å². The van der Waals surface area contributed by atoms with Crippen LogP contribution in [-0.4, -0.2) is 32.1 Å². The molecule has 1 aromatic carbocycles. The maximum absolute atomic E-state index is 11.8. The molecule has 0 aromatic heterocycles. The van der Waals surface area contributed by atoms with Crippen LogP contribution in [0.4, 0.5) is 0 Å². The zero-order valence-electron chi connectivity index (χ0n) is 11.8. The molecule has 2 aliphatic heterocycles. The molecule has 1 atom stereocenters. The fourth-order valence-corrected chi connectivity index (χ4v) is 5.02. The highest BCUT2D eigenvalue weighted by molar-refractivity contribution is 7.91. The number of nitrogens with one attached hydrogen (secondary N) is 1. The van der Waals surface area contributed by atoms with Gasteiger partial charge in [-0.2, -0.15) is 0 Å². The van der Waals surface area contributed by atoms with Crippen molar-refractivity contribution < 1.29 is 13.2 Å². The first kappa shape index (κ1) is 13.9. The Bertz CT molecular complexity index is 612. The van der Waals surface area contributed by atoms with Crippen LogP contribution < -0.4 is 10.1 Å². The Balaban J connectivity index is 1.80. The van der Waals surface area contributed by atoms with Crippen molar-refractivity contribution in [2.75, 3.05) is 18.1 Å². The Morgan fingerprint density at radius 3 is 2.95 bits per heavy atom. The standard InChI is InChI=1S/C15H21NO3S/c1-15(6-2-8-20(17,18)11-15)19-14-4-3-12-5-7-16-10-13(12)9-14/h3-4,9,16H,2,5-8,10-11H2,1H3. The molecule has 1 fully saturated rings. The minimum Gasteiger partial charge on any atom is -0.487 e. The summed E-state index contributed by atoms with van der Waals surface area (Å²) >= 11 is 0. The summed E-state index contributed by atoms with van der Waals surface area (Å²) in [6.07, 6.45) is 2.52. The fraction of sp³-hybridized carbons (Fsp3) is 0.600. The van der Waals surface area contributed by atoms with Gasteiger partial charge in [0.2, 0.25) is 0 Å². The Morgan fingerprint density at radius 2 is 2.15 bits per heavy atom. The number of benzene rings is 1. The molecule has 0 amide bonds. The van der Waals surface area contributed by atoms with E-state index in [1.54, 1.807) is 0 Å². The summed E-state index contributed by atoms with van der Waals surface area (Å²) < 4.78 is 29.6. The molecular formula is C15H21NO3S. The van der Waals surface area contributed by atoms with Crippen molar-refractivity contribution in [1.29, 1.82) is 0 Å². The van der Waals surface area contributed by atoms with Crippen molar-refractivity contribution in [3.63, 3.8) is 0 Å². The highest BCUT2D eigenvalue weighted by atomic mass is 32.2. The van der Waals surface area contributed by atoms with Gasteiger partial charge in [0.25, 0.3) is 0 Å². The van der Waals surface area contributed by atoms with E-state index >= 15 is 0 Å². The van der Waals surface area contributed by atoms with Crippen LogP contribution in [0.1, 0.15) is 30.9 Å². The van der Waals surface area contributed by atoms with Gasteiger partial charge in [0.1, 0.15) is 11.4 Å². The van der Waals surface area contributed by atoms with Crippen LogP contribution in [-0.2, 0) is 22.8 Å². The molecule has 0 saturated carbocycles. The smallest absolute Gasteiger partial charge is 0.154 e. The molecule has 1 saturated heterocycles. The molecule has 0 spiro atoms. The van der Waals surface area contributed by atoms with Crippen molar-refractivity contribution in [3.8, 4) is 5.75 Å². The minimum absolute atomic E-state index is 0.120. The van der Waals surface area contributed by atoms with E-state index < -0.39 is 15.4 Å². The first-order chi connectivity index (χ1) is 9.46. The monoisotopic (exact) mass is 295 g/mol. The van der Waals surface area contributed by atoms with Crippen molar-refractivity contribution in [2.24, 2.45) is 0 Å². The van der Waals surface area contributed by atoms with Gasteiger partial charge in [0, 0.05) is 6.54 Å². The van der Waals surface area contributed by atoms with Crippen molar-refractivity contribution in [1.82, 2.24) is 5.32 Å². The molecule has 110 valence electrons. The van der Waals surface area contributed by atoms with Crippen LogP contribution >= 0.6 is 0 Å². The Morgan fingerprint density at radius 1 is 1.30 bits per heavy atom. The Kier molecular flexibility index (Phi) is 3.50. The molecule has 20 heavy (non-hydrogen) atoms. The van der Waals surface area contributed by atoms with E-state index in [0.717, 1.165) is 31.7 Å². The normalized spacial score (nSPS) is 28.6. The second-order valence-electron chi connectivity index (χ2n) is 6.10. The molecule has 0 bridgehead atoms. The van der Waals surface area contributed by atoms with Crippen molar-refractivity contribution in [3.05, 3.63) is 29.3 Å². The number of hydrogen-bond donors (Lipinski definition) is 1. The molecule has 0 radical (unpaired) electrons. The van der Waals surface area contributed by atoms with Gasteiger partial charge in [-0.05, 0) is 56.0 Å². The number of sulfone groups is 1. The number of hydrogen-bond acceptors (Lipinski definition) is 4. The van der Waals surface area contributed by atoms with E-state index in [9.17, 15) is 8.42 Å². The van der Waals surface area contributed by atoms with Crippen LogP contribution in [0.5, 0.6) is 5.75 Å². The fourth-order valence-electron chi connectivity index (χ4n) is 3.16. The largest absolute Gasteiger partial charge is 0.487 e. The number of rotatable bonds is 2. The summed E-state index contributed by atoms with van der Waals surface area (Å²) in [6.45, 7) is 3.78. The lowest BCUT2D eigenvalue weighted by Crippen LogP contribution is -2.44. The summed E-state index contributed by atoms with van der Waals surface area (Å²) in [5.74, 6) is 1.20. The second-order valence-corrected chi connectivity index (χ2v) is 8.29. The quantitative estimate of drug-likeness (QED) is 0.902. The van der Waals surface area contributed by atoms with Gasteiger partial charge >= 0.3 is 0 Å². The van der Waals surface area contributed by atoms with Crippen LogP contribution in [0.15, 0.2) is 18.2 Å². The van der Waals surface area contributed by atoms with Gasteiger partial charge in [0.15, 0.2) is 9.84 Å². The summed E-state index contributed by atoms with van der Waals surface area (Å²) in [4.78, 5) is 0.